The Labute approximate surface area is 137 Å². The number of phenols is 2. The molecule has 0 bridgehead atoms. The van der Waals surface area contributed by atoms with Crippen molar-refractivity contribution in [3.05, 3.63) is 17.7 Å². The van der Waals surface area contributed by atoms with Crippen molar-refractivity contribution >= 4 is 6.29 Å². The number of nitrogens with one attached hydrogen (secondary N) is 1. The fourth-order valence-corrected chi connectivity index (χ4v) is 2.16. The Hall–Kier alpha value is -1.79. The molecule has 23 heavy (non-hydrogen) atoms. The number of hydrogen-bond donors (Lipinski definition) is 4. The van der Waals surface area contributed by atoms with E-state index in [-0.39, 0.29) is 30.1 Å². The summed E-state index contributed by atoms with van der Waals surface area (Å²) in [4.78, 5) is 10.6. The van der Waals surface area contributed by atoms with Crippen LogP contribution in [0, 0.1) is 5.92 Å². The molecule has 130 valence electrons. The molecule has 0 radical (unpaired) electrons. The van der Waals surface area contributed by atoms with Crippen LogP contribution in [0.3, 0.4) is 0 Å². The Morgan fingerprint density at radius 1 is 1.26 bits per heavy atom. The van der Waals surface area contributed by atoms with Crippen LogP contribution in [-0.4, -0.2) is 46.9 Å². The fourth-order valence-electron chi connectivity index (χ4n) is 2.16. The molecule has 6 heteroatoms. The van der Waals surface area contributed by atoms with E-state index in [0.717, 1.165) is 6.29 Å². The van der Waals surface area contributed by atoms with E-state index in [4.69, 9.17) is 4.74 Å². The lowest BCUT2D eigenvalue weighted by Crippen LogP contribution is -2.35. The topological polar surface area (TPSA) is 99.0 Å². The minimum absolute atomic E-state index is 0.0394. The van der Waals surface area contributed by atoms with E-state index in [9.17, 15) is 20.1 Å². The van der Waals surface area contributed by atoms with Gasteiger partial charge in [0.2, 0.25) is 0 Å². The van der Waals surface area contributed by atoms with Gasteiger partial charge in [0.05, 0.1) is 0 Å². The first-order valence-corrected chi connectivity index (χ1v) is 7.86. The molecule has 1 aromatic rings. The average molecular weight is 325 g/mol. The van der Waals surface area contributed by atoms with Gasteiger partial charge in [-0.05, 0) is 12.3 Å². The van der Waals surface area contributed by atoms with Gasteiger partial charge in [-0.25, -0.2) is 0 Å². The number of hydrogen-bond acceptors (Lipinski definition) is 6. The summed E-state index contributed by atoms with van der Waals surface area (Å²) in [6.07, 6.45) is 0.952. The number of phenolic OH excluding ortho intramolecular Hbond substituents is 2. The number of ether oxygens (including phenoxy) is 1. The van der Waals surface area contributed by atoms with Crippen LogP contribution in [0.4, 0.5) is 0 Å². The highest BCUT2D eigenvalue weighted by Crippen LogP contribution is 2.35. The van der Waals surface area contributed by atoms with Gasteiger partial charge in [0, 0.05) is 36.7 Å². The summed E-state index contributed by atoms with van der Waals surface area (Å²) < 4.78 is 5.57. The minimum atomic E-state index is -0.706. The molecule has 0 aliphatic rings. The van der Waals surface area contributed by atoms with E-state index >= 15 is 0 Å². The summed E-state index contributed by atoms with van der Waals surface area (Å²) in [5, 5.41) is 32.7. The lowest BCUT2D eigenvalue weighted by atomic mass is 9.97. The third-order valence-electron chi connectivity index (χ3n) is 3.41. The van der Waals surface area contributed by atoms with Gasteiger partial charge in [-0.3, -0.25) is 0 Å². The van der Waals surface area contributed by atoms with E-state index in [0.29, 0.717) is 30.7 Å². The Bertz CT molecular complexity index is 504. The van der Waals surface area contributed by atoms with Crippen LogP contribution in [0.1, 0.15) is 32.8 Å². The van der Waals surface area contributed by atoms with Gasteiger partial charge < -0.3 is 30.2 Å². The van der Waals surface area contributed by atoms with E-state index < -0.39 is 6.10 Å². The predicted octanol–water partition coefficient (Wildman–Crippen LogP) is 1.60. The molecule has 0 amide bonds. The molecule has 6 nitrogen and oxygen atoms in total. The lowest BCUT2D eigenvalue weighted by Gasteiger charge is -2.19. The molecular formula is C17H27NO5. The largest absolute Gasteiger partial charge is 0.508 e. The summed E-state index contributed by atoms with van der Waals surface area (Å²) in [5.74, 6) is 0.174. The van der Waals surface area contributed by atoms with Crippen molar-refractivity contribution in [2.75, 3.05) is 13.2 Å². The molecule has 0 aliphatic heterocycles. The van der Waals surface area contributed by atoms with E-state index in [1.807, 2.05) is 20.8 Å². The van der Waals surface area contributed by atoms with Gasteiger partial charge in [-0.2, -0.15) is 0 Å². The second-order valence-corrected chi connectivity index (χ2v) is 6.18. The van der Waals surface area contributed by atoms with Crippen LogP contribution in [0.25, 0.3) is 0 Å². The number of aldehydes is 1. The maximum atomic E-state index is 10.6. The molecule has 0 saturated carbocycles. The number of carbonyl (C=O) groups excluding carboxylic acids is 1. The molecule has 0 spiro atoms. The molecule has 0 aliphatic carbocycles. The third-order valence-corrected chi connectivity index (χ3v) is 3.41. The van der Waals surface area contributed by atoms with Gasteiger partial charge in [-0.1, -0.05) is 20.8 Å². The van der Waals surface area contributed by atoms with Crippen molar-refractivity contribution in [3.8, 4) is 17.2 Å². The Balaban J connectivity index is 2.77. The molecule has 1 unspecified atom stereocenters. The van der Waals surface area contributed by atoms with E-state index in [1.165, 1.54) is 12.1 Å². The summed E-state index contributed by atoms with van der Waals surface area (Å²) in [6.45, 7) is 6.28. The number of aliphatic hydroxyl groups is 1. The number of benzene rings is 1. The van der Waals surface area contributed by atoms with Gasteiger partial charge in [0.1, 0.15) is 36.2 Å². The first kappa shape index (κ1) is 19.3. The molecule has 1 aromatic carbocycles. The number of carbonyl (C=O) groups is 1. The van der Waals surface area contributed by atoms with Crippen LogP contribution < -0.4 is 10.1 Å². The normalized spacial score (nSPS) is 13.8. The summed E-state index contributed by atoms with van der Waals surface area (Å²) in [7, 11) is 0. The van der Waals surface area contributed by atoms with Crippen molar-refractivity contribution in [1.82, 2.24) is 5.32 Å². The van der Waals surface area contributed by atoms with Crippen molar-refractivity contribution in [2.45, 2.75) is 45.8 Å². The van der Waals surface area contributed by atoms with Crippen molar-refractivity contribution in [2.24, 2.45) is 5.92 Å². The highest BCUT2D eigenvalue weighted by Gasteiger charge is 2.16. The van der Waals surface area contributed by atoms with Crippen molar-refractivity contribution < 1.29 is 24.9 Å². The zero-order chi connectivity index (χ0) is 17.4. The molecule has 0 aromatic heterocycles. The van der Waals surface area contributed by atoms with Gasteiger partial charge in [0.15, 0.2) is 0 Å². The van der Waals surface area contributed by atoms with Crippen LogP contribution in [0.15, 0.2) is 12.1 Å². The van der Waals surface area contributed by atoms with E-state index in [1.54, 1.807) is 0 Å². The summed E-state index contributed by atoms with van der Waals surface area (Å²) >= 11 is 0. The highest BCUT2D eigenvalue weighted by molar-refractivity contribution is 5.52. The Morgan fingerprint density at radius 3 is 2.57 bits per heavy atom. The number of aromatic hydroxyl groups is 2. The smallest absolute Gasteiger partial charge is 0.130 e. The molecule has 4 N–H and O–H groups in total. The second kappa shape index (κ2) is 9.37. The average Bonchev–Trinajstić information content (AvgIpc) is 2.46. The zero-order valence-corrected chi connectivity index (χ0v) is 14.0. The summed E-state index contributed by atoms with van der Waals surface area (Å²) in [5.41, 5.74) is 0.529. The third kappa shape index (κ3) is 6.88. The molecule has 0 saturated heterocycles. The zero-order valence-electron chi connectivity index (χ0n) is 14.0. The molecule has 0 fully saturated rings. The molecule has 0 heterocycles. The maximum absolute atomic E-state index is 10.6. The van der Waals surface area contributed by atoms with Crippen LogP contribution in [-0.2, 0) is 11.2 Å². The summed E-state index contributed by atoms with van der Waals surface area (Å²) in [6, 6.07) is 2.91. The fraction of sp³-hybridized carbons (Fsp3) is 0.588. The van der Waals surface area contributed by atoms with Gasteiger partial charge in [-0.15, -0.1) is 0 Å². The molecule has 2 atom stereocenters. The first-order chi connectivity index (χ1) is 10.8. The second-order valence-electron chi connectivity index (χ2n) is 6.18. The highest BCUT2D eigenvalue weighted by atomic mass is 16.5. The standard InChI is InChI=1S/C17H27NO5/c1-11(2)18-9-14(21)10-23-17-8-13(20)7-16(22)15(17)6-12(3)4-5-19/h5,7-8,11-12,14,18,20-22H,4,6,9-10H2,1-3H3/t12-,14?/m0/s1. The van der Waals surface area contributed by atoms with Crippen molar-refractivity contribution in [1.29, 1.82) is 0 Å². The maximum Gasteiger partial charge on any atom is 0.130 e. The predicted molar refractivity (Wildman–Crippen MR) is 88.0 cm³/mol. The van der Waals surface area contributed by atoms with Crippen LogP contribution in [0.2, 0.25) is 0 Å². The number of aliphatic hydroxyl groups excluding tert-OH is 1. The SMILES string of the molecule is CC(C)NCC(O)COc1cc(O)cc(O)c1C[C@@H](C)CC=O. The Morgan fingerprint density at radius 2 is 1.96 bits per heavy atom. The quantitative estimate of drug-likeness (QED) is 0.488. The number of rotatable bonds is 10. The minimum Gasteiger partial charge on any atom is -0.508 e. The van der Waals surface area contributed by atoms with E-state index in [2.05, 4.69) is 5.32 Å². The lowest BCUT2D eigenvalue weighted by molar-refractivity contribution is -0.108. The van der Waals surface area contributed by atoms with Crippen LogP contribution in [0.5, 0.6) is 17.2 Å². The van der Waals surface area contributed by atoms with Gasteiger partial charge in [0.25, 0.3) is 0 Å². The molecular weight excluding hydrogens is 298 g/mol. The Kier molecular flexibility index (Phi) is 7.85. The molecule has 1 rings (SSSR count). The van der Waals surface area contributed by atoms with Gasteiger partial charge >= 0.3 is 0 Å². The van der Waals surface area contributed by atoms with Crippen LogP contribution >= 0.6 is 0 Å². The monoisotopic (exact) mass is 325 g/mol. The van der Waals surface area contributed by atoms with Crippen molar-refractivity contribution in [3.63, 3.8) is 0 Å². The first-order valence-electron chi connectivity index (χ1n) is 7.86.